The molecule has 0 aromatic heterocycles. The highest BCUT2D eigenvalue weighted by molar-refractivity contribution is 5.95. The Balaban J connectivity index is 1.86. The number of amides is 1. The fourth-order valence-electron chi connectivity index (χ4n) is 2.22. The first-order valence-corrected chi connectivity index (χ1v) is 8.23. The van der Waals surface area contributed by atoms with Gasteiger partial charge in [0.05, 0.1) is 0 Å². The van der Waals surface area contributed by atoms with Gasteiger partial charge >= 0.3 is 5.97 Å². The zero-order valence-electron chi connectivity index (χ0n) is 15.3. The Kier molecular flexibility index (Phi) is 6.33. The third-order valence-corrected chi connectivity index (χ3v) is 4.02. The summed E-state index contributed by atoms with van der Waals surface area (Å²) in [7, 11) is 0. The molecule has 1 atom stereocenters. The lowest BCUT2D eigenvalue weighted by Gasteiger charge is -2.15. The lowest BCUT2D eigenvalue weighted by Crippen LogP contribution is -2.31. The average molecular weight is 359 g/mol. The van der Waals surface area contributed by atoms with Crippen LogP contribution in [0.1, 0.15) is 23.6 Å². The highest BCUT2D eigenvalue weighted by atomic mass is 19.1. The van der Waals surface area contributed by atoms with Crippen LogP contribution in [-0.2, 0) is 14.3 Å². The van der Waals surface area contributed by atoms with Crippen molar-refractivity contribution in [3.63, 3.8) is 0 Å². The lowest BCUT2D eigenvalue weighted by molar-refractivity contribution is -0.155. The van der Waals surface area contributed by atoms with Crippen LogP contribution in [0.25, 0.3) is 0 Å². The minimum Gasteiger partial charge on any atom is -0.482 e. The molecule has 1 amide bonds. The Morgan fingerprint density at radius 3 is 2.54 bits per heavy atom. The maximum Gasteiger partial charge on any atom is 0.344 e. The van der Waals surface area contributed by atoms with E-state index in [1.807, 2.05) is 26.0 Å². The molecule has 138 valence electrons. The summed E-state index contributed by atoms with van der Waals surface area (Å²) in [4.78, 5) is 24.0. The molecule has 6 heteroatoms. The van der Waals surface area contributed by atoms with Crippen molar-refractivity contribution >= 4 is 17.6 Å². The number of hydrogen-bond donors (Lipinski definition) is 1. The van der Waals surface area contributed by atoms with Crippen molar-refractivity contribution < 1.29 is 23.5 Å². The molecule has 0 spiro atoms. The number of ether oxygens (including phenoxy) is 2. The molecule has 26 heavy (non-hydrogen) atoms. The fourth-order valence-corrected chi connectivity index (χ4v) is 2.22. The van der Waals surface area contributed by atoms with Gasteiger partial charge < -0.3 is 14.8 Å². The maximum atomic E-state index is 13.5. The van der Waals surface area contributed by atoms with Crippen molar-refractivity contribution in [2.24, 2.45) is 0 Å². The molecule has 0 aliphatic carbocycles. The largest absolute Gasteiger partial charge is 0.482 e. The third kappa shape index (κ3) is 5.05. The molecule has 0 aliphatic rings. The summed E-state index contributed by atoms with van der Waals surface area (Å²) in [5.41, 5.74) is 2.76. The molecule has 0 bridgehead atoms. The smallest absolute Gasteiger partial charge is 0.344 e. The monoisotopic (exact) mass is 359 g/mol. The van der Waals surface area contributed by atoms with E-state index in [1.165, 1.54) is 13.0 Å². The number of anilines is 1. The van der Waals surface area contributed by atoms with E-state index in [1.54, 1.807) is 25.1 Å². The third-order valence-electron chi connectivity index (χ3n) is 4.02. The number of esters is 1. The minimum absolute atomic E-state index is 0.299. The Hall–Kier alpha value is -2.89. The number of rotatable bonds is 6. The van der Waals surface area contributed by atoms with Gasteiger partial charge in [-0.3, -0.25) is 4.79 Å². The fraction of sp³-hybridized carbons (Fsp3) is 0.300. The van der Waals surface area contributed by atoms with Crippen LogP contribution < -0.4 is 10.1 Å². The Labute approximate surface area is 152 Å². The first kappa shape index (κ1) is 19.4. The van der Waals surface area contributed by atoms with Gasteiger partial charge in [0.2, 0.25) is 0 Å². The van der Waals surface area contributed by atoms with Gasteiger partial charge in [0.15, 0.2) is 12.7 Å². The quantitative estimate of drug-likeness (QED) is 0.799. The Bertz CT molecular complexity index is 819. The highest BCUT2D eigenvalue weighted by Crippen LogP contribution is 2.20. The van der Waals surface area contributed by atoms with Gasteiger partial charge in [0.25, 0.3) is 5.91 Å². The first-order chi connectivity index (χ1) is 12.3. The van der Waals surface area contributed by atoms with E-state index in [0.29, 0.717) is 17.0 Å². The Morgan fingerprint density at radius 1 is 1.12 bits per heavy atom. The van der Waals surface area contributed by atoms with Gasteiger partial charge in [-0.1, -0.05) is 18.2 Å². The molecule has 1 N–H and O–H groups in total. The van der Waals surface area contributed by atoms with Crippen LogP contribution in [0.5, 0.6) is 5.75 Å². The molecule has 0 fully saturated rings. The molecule has 0 heterocycles. The second kappa shape index (κ2) is 8.47. The number of carbonyl (C=O) groups is 2. The van der Waals surface area contributed by atoms with E-state index in [4.69, 9.17) is 9.47 Å². The molecule has 5 nitrogen and oxygen atoms in total. The van der Waals surface area contributed by atoms with Crippen molar-refractivity contribution in [3.8, 4) is 5.75 Å². The molecule has 0 unspecified atom stereocenters. The summed E-state index contributed by atoms with van der Waals surface area (Å²) in [6.07, 6.45) is -1.03. The number of halogens is 1. The number of hydrogen-bond acceptors (Lipinski definition) is 4. The van der Waals surface area contributed by atoms with Crippen LogP contribution in [0.2, 0.25) is 0 Å². The summed E-state index contributed by atoms with van der Waals surface area (Å²) < 4.78 is 24.0. The average Bonchev–Trinajstić information content (AvgIpc) is 2.59. The molecule has 0 aliphatic heterocycles. The summed E-state index contributed by atoms with van der Waals surface area (Å²) in [6, 6.07) is 9.89. The molecule has 0 radical (unpaired) electrons. The zero-order chi connectivity index (χ0) is 19.3. The first-order valence-electron chi connectivity index (χ1n) is 8.23. The van der Waals surface area contributed by atoms with Crippen LogP contribution >= 0.6 is 0 Å². The number of carbonyl (C=O) groups excluding carboxylic acids is 2. The van der Waals surface area contributed by atoms with Crippen LogP contribution in [-0.4, -0.2) is 24.6 Å². The van der Waals surface area contributed by atoms with E-state index in [-0.39, 0.29) is 6.61 Å². The van der Waals surface area contributed by atoms with Crippen LogP contribution in [0, 0.1) is 26.6 Å². The van der Waals surface area contributed by atoms with Crippen molar-refractivity contribution in [2.75, 3.05) is 11.9 Å². The second-order valence-electron chi connectivity index (χ2n) is 6.07. The number of benzene rings is 2. The molecule has 0 saturated carbocycles. The molecule has 2 aromatic rings. The van der Waals surface area contributed by atoms with Crippen molar-refractivity contribution in [1.29, 1.82) is 0 Å². The normalized spacial score (nSPS) is 11.6. The van der Waals surface area contributed by atoms with Gasteiger partial charge in [-0.25, -0.2) is 9.18 Å². The minimum atomic E-state index is -1.03. The van der Waals surface area contributed by atoms with Crippen LogP contribution in [0.3, 0.4) is 0 Å². The maximum absolute atomic E-state index is 13.5. The standard InChI is InChI=1S/C20H22FNO4/c1-12-6-5-7-18(14(12)3)25-11-19(23)26-15(4)20(24)22-16-9-8-13(2)17(21)10-16/h5-10,15H,11H2,1-4H3,(H,22,24)/t15-/m1/s1. The SMILES string of the molecule is Cc1ccc(NC(=O)[C@@H](C)OC(=O)COc2cccc(C)c2C)cc1F. The summed E-state index contributed by atoms with van der Waals surface area (Å²) in [6.45, 7) is 6.60. The van der Waals surface area contributed by atoms with Gasteiger partial charge in [0.1, 0.15) is 11.6 Å². The van der Waals surface area contributed by atoms with E-state index >= 15 is 0 Å². The van der Waals surface area contributed by atoms with Crippen molar-refractivity contribution in [1.82, 2.24) is 0 Å². The van der Waals surface area contributed by atoms with Crippen LogP contribution in [0.4, 0.5) is 10.1 Å². The zero-order valence-corrected chi connectivity index (χ0v) is 15.3. The van der Waals surface area contributed by atoms with E-state index in [0.717, 1.165) is 11.1 Å². The van der Waals surface area contributed by atoms with Crippen LogP contribution in [0.15, 0.2) is 36.4 Å². The molecular weight excluding hydrogens is 337 g/mol. The number of nitrogens with one attached hydrogen (secondary N) is 1. The van der Waals surface area contributed by atoms with Crippen molar-refractivity contribution in [3.05, 3.63) is 58.9 Å². The Morgan fingerprint density at radius 2 is 1.85 bits per heavy atom. The molecule has 2 rings (SSSR count). The summed E-state index contributed by atoms with van der Waals surface area (Å²) >= 11 is 0. The second-order valence-corrected chi connectivity index (χ2v) is 6.07. The number of aryl methyl sites for hydroxylation is 2. The lowest BCUT2D eigenvalue weighted by atomic mass is 10.1. The highest BCUT2D eigenvalue weighted by Gasteiger charge is 2.19. The topological polar surface area (TPSA) is 64.6 Å². The molecular formula is C20H22FNO4. The van der Waals surface area contributed by atoms with Gasteiger partial charge in [0, 0.05) is 5.69 Å². The summed E-state index contributed by atoms with van der Waals surface area (Å²) in [5, 5.41) is 2.51. The predicted molar refractivity (Wildman–Crippen MR) is 96.7 cm³/mol. The molecule has 0 saturated heterocycles. The van der Waals surface area contributed by atoms with Gasteiger partial charge in [-0.2, -0.15) is 0 Å². The predicted octanol–water partition coefficient (Wildman–Crippen LogP) is 3.70. The van der Waals surface area contributed by atoms with Gasteiger partial charge in [-0.15, -0.1) is 0 Å². The van der Waals surface area contributed by atoms with E-state index in [2.05, 4.69) is 5.32 Å². The van der Waals surface area contributed by atoms with Crippen molar-refractivity contribution in [2.45, 2.75) is 33.8 Å². The molecule has 2 aromatic carbocycles. The van der Waals surface area contributed by atoms with Gasteiger partial charge in [-0.05, 0) is 62.6 Å². The van der Waals surface area contributed by atoms with E-state index in [9.17, 15) is 14.0 Å². The summed E-state index contributed by atoms with van der Waals surface area (Å²) in [5.74, 6) is -1.04. The van der Waals surface area contributed by atoms with E-state index < -0.39 is 23.8 Å².